The monoisotopic (exact) mass is 2260 g/mol. The van der Waals surface area contributed by atoms with Crippen molar-refractivity contribution >= 4 is 121 Å². The van der Waals surface area contributed by atoms with Gasteiger partial charge in [0.15, 0.2) is 0 Å². The fraction of sp³-hybridized carbons (Fsp3) is 0.284. The lowest BCUT2D eigenvalue weighted by Crippen LogP contribution is -2.19. The topological polar surface area (TPSA) is 285 Å². The van der Waals surface area contributed by atoms with Crippen molar-refractivity contribution in [2.45, 2.75) is 208 Å². The fourth-order valence-electron chi connectivity index (χ4n) is 14.4. The van der Waals surface area contributed by atoms with E-state index in [0.717, 1.165) is 145 Å². The summed E-state index contributed by atoms with van der Waals surface area (Å²) >= 11 is 11.4. The Kier molecular flexibility index (Phi) is 47.3. The second-order valence-electron chi connectivity index (χ2n) is 33.6. The Morgan fingerprint density at radius 3 is 0.865 bits per heavy atom. The van der Waals surface area contributed by atoms with Crippen LogP contribution in [0.1, 0.15) is 148 Å². The molecule has 0 saturated heterocycles. The Balaban J connectivity index is 0.000000217. The van der Waals surface area contributed by atoms with Gasteiger partial charge < -0.3 is 56.8 Å². The summed E-state index contributed by atoms with van der Waals surface area (Å²) in [6, 6.07) is 64.3. The molecule has 0 aromatic heterocycles. The Labute approximate surface area is 876 Å². The van der Waals surface area contributed by atoms with Gasteiger partial charge in [0.05, 0.1) is 34.1 Å². The van der Waals surface area contributed by atoms with Crippen LogP contribution in [-0.2, 0) is 74.5 Å². The molecule has 0 heterocycles. The molecular weight excluding hydrogens is 2150 g/mol. The highest BCUT2D eigenvalue weighted by Crippen LogP contribution is 2.42. The average Bonchev–Trinajstić information content (AvgIpc) is 1.64. The minimum Gasteiger partial charge on any atom is -0.489 e. The van der Waals surface area contributed by atoms with Gasteiger partial charge in [-0.15, -0.1) is 0 Å². The molecular formula is C109H111BrClF12IN6O18. The summed E-state index contributed by atoms with van der Waals surface area (Å²) in [5, 5.41) is 14.3. The number of alkyl halides is 12. The number of amides is 6. The molecule has 39 heteroatoms. The van der Waals surface area contributed by atoms with E-state index in [9.17, 15) is 81.5 Å². The highest BCUT2D eigenvalue weighted by molar-refractivity contribution is 14.1. The van der Waals surface area contributed by atoms with Crippen molar-refractivity contribution in [3.8, 4) is 34.5 Å². The molecule has 24 nitrogen and oxygen atoms in total. The van der Waals surface area contributed by atoms with Crippen LogP contribution < -0.4 is 60.3 Å². The number of aryl methyl sites for hydroxylation is 15. The highest BCUT2D eigenvalue weighted by atomic mass is 127. The maximum atomic E-state index is 12.2. The maximum Gasteiger partial charge on any atom is 0.416 e. The van der Waals surface area contributed by atoms with Crippen LogP contribution in [0.5, 0.6) is 34.5 Å². The summed E-state index contributed by atoms with van der Waals surface area (Å²) in [6.45, 7) is 11.4. The standard InChI is InChI=1S/C20H21F2NO3.C20H23F2NO3.C18H19F2NO3.C17H16BrF2NO3.C17H16ClF2NO3.C17H16F2INO3/c1-12-3-8-18(13(2)9-12)25-11-16-10-15(14-4-5-14)6-7-17(16)23-20(24)26-19(21)22;1-5-15-9-14(4)18(23-20(24)26-19(21)22)16(10-15)11-25-17-7-6-12(2)8-13(17)3;1-11-5-7-16(13(3)8-11)23-10-14-9-12(2)4-6-15(14)21-18(22)24-17(19)20;2*1-10-3-6-15(11(2)7-10)23-9-12-8-13(18)4-5-14(12)21-17(22)24-16(19)20;1-10-3-6-15(11(2)7-10)23-9-12-8-13(20)4-5-14(12)21-17(22)24-16(18)19/h3,6-10,14,19H,4-5,11H2,1-2H3,(H,23,24);6-10,19H,5,11H2,1-4H3,(H,23,24);4-9,17H,10H2,1-3H3,(H,21,22);3*3-8,16H,9H2,1-2H3,(H,21,22). The van der Waals surface area contributed by atoms with Gasteiger partial charge in [0.25, 0.3) is 0 Å². The SMILES string of the molecule is CCc1cc(C)c(NC(=O)OC(F)F)c(COc2ccc(C)cc2C)c1.Cc1ccc(OCc2cc(Br)ccc2NC(=O)OC(F)F)c(C)c1.Cc1ccc(OCc2cc(C)ccc2NC(=O)OC(F)F)c(C)c1.Cc1ccc(OCc2cc(C3CC3)ccc2NC(=O)OC(F)F)c(C)c1.Cc1ccc(OCc2cc(Cl)ccc2NC(=O)OC(F)F)c(C)c1.Cc1ccc(OCc2cc(I)ccc2NC(=O)OC(F)F)c(C)c1. The van der Waals surface area contributed by atoms with E-state index in [1.54, 1.807) is 61.5 Å². The number of carbonyl (C=O) groups excluding carboxylic acids is 6. The first kappa shape index (κ1) is 119. The van der Waals surface area contributed by atoms with Crippen LogP contribution in [-0.4, -0.2) is 76.2 Å². The third-order valence-corrected chi connectivity index (χ3v) is 22.8. The quantitative estimate of drug-likeness (QED) is 0.0130. The highest BCUT2D eigenvalue weighted by Gasteiger charge is 2.27. The van der Waals surface area contributed by atoms with E-state index in [-0.39, 0.29) is 45.3 Å². The van der Waals surface area contributed by atoms with Crippen molar-refractivity contribution < 1.29 is 138 Å². The molecule has 0 aliphatic heterocycles. The van der Waals surface area contributed by atoms with Crippen molar-refractivity contribution in [2.75, 3.05) is 31.9 Å². The summed E-state index contributed by atoms with van der Waals surface area (Å²) in [5.74, 6) is 4.84. The summed E-state index contributed by atoms with van der Waals surface area (Å²) in [5.41, 5.74) is 22.8. The molecule has 0 atom stereocenters. The molecule has 0 bridgehead atoms. The number of carbonyl (C=O) groups is 6. The molecule has 13 rings (SSSR count). The minimum absolute atomic E-state index is 0.106. The van der Waals surface area contributed by atoms with Gasteiger partial charge in [-0.05, 0) is 298 Å². The molecule has 790 valence electrons. The van der Waals surface area contributed by atoms with E-state index in [1.165, 1.54) is 12.1 Å². The molecule has 1 aliphatic carbocycles. The van der Waals surface area contributed by atoms with Crippen LogP contribution in [0.3, 0.4) is 0 Å². The first-order valence-electron chi connectivity index (χ1n) is 45.6. The maximum absolute atomic E-state index is 12.2. The zero-order valence-electron chi connectivity index (χ0n) is 83.1. The Hall–Kier alpha value is -14.3. The molecule has 148 heavy (non-hydrogen) atoms. The van der Waals surface area contributed by atoms with Gasteiger partial charge in [0, 0.05) is 46.4 Å². The summed E-state index contributed by atoms with van der Waals surface area (Å²) in [7, 11) is 0. The smallest absolute Gasteiger partial charge is 0.416 e. The van der Waals surface area contributed by atoms with Gasteiger partial charge in [-0.2, -0.15) is 52.7 Å². The number of nitrogens with one attached hydrogen (secondary N) is 6. The van der Waals surface area contributed by atoms with E-state index in [0.29, 0.717) is 78.7 Å². The summed E-state index contributed by atoms with van der Waals surface area (Å²) < 4.78 is 205. The zero-order chi connectivity index (χ0) is 109. The lowest BCUT2D eigenvalue weighted by molar-refractivity contribution is -0.0777. The normalized spacial score (nSPS) is 11.1. The van der Waals surface area contributed by atoms with Crippen LogP contribution in [0.4, 0.5) is 116 Å². The first-order valence-corrected chi connectivity index (χ1v) is 47.8. The van der Waals surface area contributed by atoms with E-state index < -0.39 is 76.2 Å². The molecule has 6 amide bonds. The van der Waals surface area contributed by atoms with Gasteiger partial charge in [-0.1, -0.05) is 183 Å². The molecule has 6 N–H and O–H groups in total. The fourth-order valence-corrected chi connectivity index (χ4v) is 15.5. The van der Waals surface area contributed by atoms with Gasteiger partial charge in [0.1, 0.15) is 74.1 Å². The number of benzene rings is 12. The molecule has 1 fully saturated rings. The van der Waals surface area contributed by atoms with Gasteiger partial charge in [-0.3, -0.25) is 31.9 Å². The van der Waals surface area contributed by atoms with Gasteiger partial charge in [-0.25, -0.2) is 28.8 Å². The number of hydrogen-bond donors (Lipinski definition) is 6. The predicted octanol–water partition coefficient (Wildman–Crippen LogP) is 32.0. The van der Waals surface area contributed by atoms with Gasteiger partial charge >= 0.3 is 76.2 Å². The molecule has 12 aromatic carbocycles. The zero-order valence-corrected chi connectivity index (χ0v) is 87.6. The average molecular weight is 2260 g/mol. The van der Waals surface area contributed by atoms with Crippen LogP contribution in [0.2, 0.25) is 5.02 Å². The van der Waals surface area contributed by atoms with E-state index in [1.807, 2.05) is 243 Å². The number of anilines is 6. The Morgan fingerprint density at radius 1 is 0.297 bits per heavy atom. The molecule has 0 unspecified atom stereocenters. The Morgan fingerprint density at radius 2 is 0.554 bits per heavy atom. The van der Waals surface area contributed by atoms with Crippen molar-refractivity contribution in [3.05, 3.63) is 348 Å². The van der Waals surface area contributed by atoms with Crippen LogP contribution >= 0.6 is 50.1 Å². The lowest BCUT2D eigenvalue weighted by Gasteiger charge is -2.17. The summed E-state index contributed by atoms with van der Waals surface area (Å²) in [4.78, 5) is 68.6. The van der Waals surface area contributed by atoms with E-state index in [4.69, 9.17) is 40.0 Å². The Bertz CT molecular complexity index is 6030. The first-order chi connectivity index (χ1) is 70.1. The predicted molar refractivity (Wildman–Crippen MR) is 553 cm³/mol. The molecule has 0 radical (unpaired) electrons. The molecule has 12 aromatic rings. The molecule has 1 saturated carbocycles. The minimum atomic E-state index is -3.19. The van der Waals surface area contributed by atoms with Crippen molar-refractivity contribution in [1.29, 1.82) is 0 Å². The van der Waals surface area contributed by atoms with Crippen molar-refractivity contribution in [1.82, 2.24) is 0 Å². The number of ether oxygens (including phenoxy) is 12. The van der Waals surface area contributed by atoms with E-state index >= 15 is 0 Å². The molecule has 0 spiro atoms. The van der Waals surface area contributed by atoms with Crippen molar-refractivity contribution in [2.24, 2.45) is 0 Å². The summed E-state index contributed by atoms with van der Waals surface area (Å²) in [6.07, 6.45) is -4.19. The van der Waals surface area contributed by atoms with Gasteiger partial charge in [0.2, 0.25) is 0 Å². The second kappa shape index (κ2) is 58.9. The number of rotatable bonds is 32. The van der Waals surface area contributed by atoms with Crippen LogP contribution in [0, 0.1) is 101 Å². The van der Waals surface area contributed by atoms with Crippen LogP contribution in [0.15, 0.2) is 217 Å². The largest absolute Gasteiger partial charge is 0.489 e. The molecule has 1 aliphatic rings. The number of hydrogen-bond acceptors (Lipinski definition) is 18. The lowest BCUT2D eigenvalue weighted by atomic mass is 10.0. The number of halogens is 15. The third-order valence-electron chi connectivity index (χ3n) is 21.4. The third kappa shape index (κ3) is 41.9. The second-order valence-corrected chi connectivity index (χ2v) is 36.2. The van der Waals surface area contributed by atoms with Crippen LogP contribution in [0.25, 0.3) is 0 Å². The van der Waals surface area contributed by atoms with E-state index in [2.05, 4.69) is 98.8 Å². The van der Waals surface area contributed by atoms with Crippen molar-refractivity contribution in [3.63, 3.8) is 0 Å².